The normalized spacial score (nSPS) is 29.8. The minimum Gasteiger partial charge on any atom is -0.349 e. The van der Waals surface area contributed by atoms with E-state index in [1.54, 1.807) is 0 Å². The second-order valence-corrected chi connectivity index (χ2v) is 7.22. The van der Waals surface area contributed by atoms with Crippen molar-refractivity contribution in [3.8, 4) is 0 Å². The Morgan fingerprint density at radius 2 is 2.14 bits per heavy atom. The van der Waals surface area contributed by atoms with Crippen molar-refractivity contribution in [2.75, 3.05) is 6.54 Å². The summed E-state index contributed by atoms with van der Waals surface area (Å²) in [6, 6.07) is 0.437. The van der Waals surface area contributed by atoms with E-state index in [4.69, 9.17) is 0 Å². The molecule has 3 heterocycles. The van der Waals surface area contributed by atoms with Crippen LogP contribution in [0, 0.1) is 13.8 Å². The third-order valence-corrected chi connectivity index (χ3v) is 5.66. The van der Waals surface area contributed by atoms with Gasteiger partial charge in [-0.05, 0) is 53.0 Å². The van der Waals surface area contributed by atoms with Crippen LogP contribution in [0.4, 0.5) is 0 Å². The molecule has 2 fully saturated rings. The first-order valence-electron chi connectivity index (χ1n) is 8.45. The monoisotopic (exact) mass is 304 g/mol. The van der Waals surface area contributed by atoms with Crippen LogP contribution in [0.3, 0.4) is 0 Å². The fourth-order valence-corrected chi connectivity index (χ4v) is 4.27. The van der Waals surface area contributed by atoms with Crippen molar-refractivity contribution in [2.45, 2.75) is 71.0 Å². The van der Waals surface area contributed by atoms with E-state index in [2.05, 4.69) is 36.1 Å². The summed E-state index contributed by atoms with van der Waals surface area (Å²) in [6.45, 7) is 8.54. The molecule has 1 amide bonds. The second kappa shape index (κ2) is 5.69. The van der Waals surface area contributed by atoms with E-state index in [1.165, 1.54) is 24.1 Å². The van der Waals surface area contributed by atoms with Gasteiger partial charge in [0.05, 0.1) is 11.2 Å². The maximum Gasteiger partial charge on any atom is 0.220 e. The van der Waals surface area contributed by atoms with E-state index >= 15 is 0 Å². The Morgan fingerprint density at radius 1 is 1.36 bits per heavy atom. The van der Waals surface area contributed by atoms with Crippen LogP contribution in [0.15, 0.2) is 0 Å². The lowest BCUT2D eigenvalue weighted by Crippen LogP contribution is -2.62. The van der Waals surface area contributed by atoms with Gasteiger partial charge in [-0.15, -0.1) is 0 Å². The summed E-state index contributed by atoms with van der Waals surface area (Å²) < 4.78 is 1.98. The van der Waals surface area contributed by atoms with Crippen molar-refractivity contribution in [2.24, 2.45) is 7.05 Å². The molecule has 1 aromatic heterocycles. The molecule has 122 valence electrons. The number of amides is 1. The molecule has 1 N–H and O–H groups in total. The van der Waals surface area contributed by atoms with Crippen molar-refractivity contribution >= 4 is 5.91 Å². The average Bonchev–Trinajstić information content (AvgIpc) is 2.61. The summed E-state index contributed by atoms with van der Waals surface area (Å²) in [7, 11) is 2.01. The molecule has 2 atom stereocenters. The Balaban J connectivity index is 1.87. The van der Waals surface area contributed by atoms with Crippen LogP contribution in [-0.4, -0.2) is 38.7 Å². The lowest BCUT2D eigenvalue weighted by Gasteiger charge is -2.46. The SMILES string of the molecule is Cc1nn(C)c(C)c1CN1CCCC[C@]2(C)NC(=O)CC[C@H]12. The molecule has 0 aliphatic carbocycles. The molecule has 2 saturated heterocycles. The summed E-state index contributed by atoms with van der Waals surface area (Å²) in [5, 5.41) is 7.84. The number of likely N-dealkylation sites (tertiary alicyclic amines) is 1. The molecule has 0 unspecified atom stereocenters. The fraction of sp³-hybridized carbons (Fsp3) is 0.765. The van der Waals surface area contributed by atoms with Crippen LogP contribution in [0.1, 0.15) is 56.0 Å². The molecule has 3 rings (SSSR count). The quantitative estimate of drug-likeness (QED) is 0.910. The van der Waals surface area contributed by atoms with Gasteiger partial charge in [0.15, 0.2) is 0 Å². The smallest absolute Gasteiger partial charge is 0.220 e. The molecule has 22 heavy (non-hydrogen) atoms. The molecule has 0 saturated carbocycles. The zero-order valence-corrected chi connectivity index (χ0v) is 14.3. The van der Waals surface area contributed by atoms with Crippen molar-refractivity contribution in [3.05, 3.63) is 17.0 Å². The third-order valence-electron chi connectivity index (χ3n) is 5.66. The lowest BCUT2D eigenvalue weighted by molar-refractivity contribution is -0.127. The number of fused-ring (bicyclic) bond motifs is 1. The number of aryl methyl sites for hydroxylation is 2. The number of rotatable bonds is 2. The van der Waals surface area contributed by atoms with Gasteiger partial charge in [-0.1, -0.05) is 0 Å². The zero-order chi connectivity index (χ0) is 15.9. The van der Waals surface area contributed by atoms with Gasteiger partial charge >= 0.3 is 0 Å². The van der Waals surface area contributed by atoms with Crippen LogP contribution < -0.4 is 5.32 Å². The van der Waals surface area contributed by atoms with Crippen molar-refractivity contribution in [3.63, 3.8) is 0 Å². The van der Waals surface area contributed by atoms with Gasteiger partial charge in [0.1, 0.15) is 0 Å². The number of carbonyl (C=O) groups excluding carboxylic acids is 1. The van der Waals surface area contributed by atoms with Crippen LogP contribution >= 0.6 is 0 Å². The standard InChI is InChI=1S/C17H28N4O/c1-12-14(13(2)20(4)19-12)11-21-10-6-5-9-17(3)15(21)7-8-16(22)18-17/h15H,5-11H2,1-4H3,(H,18,22)/t15-,17-/m0/s1. The molecule has 0 bridgehead atoms. The van der Waals surface area contributed by atoms with Gasteiger partial charge < -0.3 is 5.32 Å². The molecule has 5 nitrogen and oxygen atoms in total. The number of nitrogens with one attached hydrogen (secondary N) is 1. The minimum atomic E-state index is -0.0736. The lowest BCUT2D eigenvalue weighted by atomic mass is 9.81. The number of hydrogen-bond acceptors (Lipinski definition) is 3. The zero-order valence-electron chi connectivity index (χ0n) is 14.3. The Bertz CT molecular complexity index is 579. The van der Waals surface area contributed by atoms with E-state index in [1.807, 2.05) is 11.7 Å². The van der Waals surface area contributed by atoms with Gasteiger partial charge in [0.25, 0.3) is 0 Å². The van der Waals surface area contributed by atoms with Gasteiger partial charge in [-0.2, -0.15) is 5.10 Å². The maximum absolute atomic E-state index is 11.9. The van der Waals surface area contributed by atoms with Crippen LogP contribution in [0.25, 0.3) is 0 Å². The molecular weight excluding hydrogens is 276 g/mol. The molecule has 1 aromatic rings. The summed E-state index contributed by atoms with van der Waals surface area (Å²) >= 11 is 0. The molecule has 5 heteroatoms. The van der Waals surface area contributed by atoms with Crippen molar-refractivity contribution < 1.29 is 4.79 Å². The molecule has 2 aliphatic heterocycles. The summed E-state index contributed by atoms with van der Waals surface area (Å²) in [4.78, 5) is 14.5. The Hall–Kier alpha value is -1.36. The number of aromatic nitrogens is 2. The highest BCUT2D eigenvalue weighted by atomic mass is 16.1. The summed E-state index contributed by atoms with van der Waals surface area (Å²) in [6.07, 6.45) is 5.11. The van der Waals surface area contributed by atoms with Crippen LogP contribution in [-0.2, 0) is 18.4 Å². The van der Waals surface area contributed by atoms with E-state index in [0.29, 0.717) is 12.5 Å². The number of hydrogen-bond donors (Lipinski definition) is 1. The van der Waals surface area contributed by atoms with Gasteiger partial charge in [0.2, 0.25) is 5.91 Å². The Labute approximate surface area is 133 Å². The van der Waals surface area contributed by atoms with Crippen LogP contribution in [0.5, 0.6) is 0 Å². The van der Waals surface area contributed by atoms with Gasteiger partial charge in [-0.25, -0.2) is 0 Å². The Morgan fingerprint density at radius 3 is 2.82 bits per heavy atom. The number of carbonyl (C=O) groups is 1. The maximum atomic E-state index is 11.9. The number of piperidine rings is 1. The first-order chi connectivity index (χ1) is 10.4. The third kappa shape index (κ3) is 2.67. The Kier molecular flexibility index (Phi) is 4.02. The number of nitrogens with zero attached hydrogens (tertiary/aromatic N) is 3. The molecular formula is C17H28N4O. The van der Waals surface area contributed by atoms with E-state index < -0.39 is 0 Å². The largest absolute Gasteiger partial charge is 0.349 e. The van der Waals surface area contributed by atoms with Gasteiger partial charge in [0, 0.05) is 37.3 Å². The van der Waals surface area contributed by atoms with Crippen molar-refractivity contribution in [1.29, 1.82) is 0 Å². The minimum absolute atomic E-state index is 0.0736. The predicted octanol–water partition coefficient (Wildman–Crippen LogP) is 2.06. The van der Waals surface area contributed by atoms with Crippen molar-refractivity contribution in [1.82, 2.24) is 20.0 Å². The highest BCUT2D eigenvalue weighted by molar-refractivity contribution is 5.78. The average molecular weight is 304 g/mol. The summed E-state index contributed by atoms with van der Waals surface area (Å²) in [5.74, 6) is 0.217. The second-order valence-electron chi connectivity index (χ2n) is 7.22. The topological polar surface area (TPSA) is 50.2 Å². The molecule has 0 aromatic carbocycles. The van der Waals surface area contributed by atoms with E-state index in [0.717, 1.165) is 31.6 Å². The fourth-order valence-electron chi connectivity index (χ4n) is 4.27. The molecule has 0 radical (unpaired) electrons. The highest BCUT2D eigenvalue weighted by Gasteiger charge is 2.43. The van der Waals surface area contributed by atoms with Crippen LogP contribution in [0.2, 0.25) is 0 Å². The highest BCUT2D eigenvalue weighted by Crippen LogP contribution is 2.34. The first kappa shape index (κ1) is 15.5. The predicted molar refractivity (Wildman–Crippen MR) is 86.5 cm³/mol. The first-order valence-corrected chi connectivity index (χ1v) is 8.45. The van der Waals surface area contributed by atoms with Gasteiger partial charge in [-0.3, -0.25) is 14.4 Å². The van der Waals surface area contributed by atoms with E-state index in [-0.39, 0.29) is 11.4 Å². The summed E-state index contributed by atoms with van der Waals surface area (Å²) in [5.41, 5.74) is 3.66. The van der Waals surface area contributed by atoms with E-state index in [9.17, 15) is 4.79 Å². The molecule has 2 aliphatic rings. The molecule has 0 spiro atoms.